The number of ether oxygens (including phenoxy) is 1. The van der Waals surface area contributed by atoms with Crippen LogP contribution in [0.1, 0.15) is 20.8 Å². The van der Waals surface area contributed by atoms with Gasteiger partial charge in [-0.25, -0.2) is 18.7 Å². The Balaban J connectivity index is 1.57. The van der Waals surface area contributed by atoms with Crippen LogP contribution in [0.15, 0.2) is 41.9 Å². The second-order valence-electron chi connectivity index (χ2n) is 11.8. The maximum Gasteiger partial charge on any atom is 0.417 e. The number of aliphatic hydroxyl groups is 1. The number of aromatic nitrogens is 2. The molecule has 2 saturated heterocycles. The van der Waals surface area contributed by atoms with Crippen molar-refractivity contribution in [2.45, 2.75) is 51.4 Å². The van der Waals surface area contributed by atoms with E-state index in [0.717, 1.165) is 17.2 Å². The molecular weight excluding hydrogens is 601 g/mol. The molecule has 0 saturated carbocycles. The molecule has 2 N–H and O–H groups in total. The van der Waals surface area contributed by atoms with Crippen LogP contribution in [0.3, 0.4) is 0 Å². The maximum atomic E-state index is 16.5. The molecule has 1 amide bonds. The molecule has 0 radical (unpaired) electrons. The van der Waals surface area contributed by atoms with Crippen LogP contribution in [0.5, 0.6) is 0 Å². The predicted molar refractivity (Wildman–Crippen MR) is 159 cm³/mol. The van der Waals surface area contributed by atoms with Gasteiger partial charge in [0.2, 0.25) is 5.95 Å². The van der Waals surface area contributed by atoms with Crippen LogP contribution in [0.2, 0.25) is 0 Å². The van der Waals surface area contributed by atoms with Crippen molar-refractivity contribution in [3.05, 3.63) is 53.5 Å². The van der Waals surface area contributed by atoms with Crippen molar-refractivity contribution < 1.29 is 36.6 Å². The van der Waals surface area contributed by atoms with Crippen molar-refractivity contribution >= 4 is 23.2 Å². The predicted octanol–water partition coefficient (Wildman–Crippen LogP) is 3.75. The Kier molecular flexibility index (Phi) is 9.06. The SMILES string of the molecule is C[C@@H]1CN(c2cc(F)c(-c3cnc(N4CCO[C@@H](C)C4)nc3)c(F)c2NC(=O)C2=CN(C)C(O)C=C2C(F)(F)F)C[C@H](C)N1C. The molecule has 45 heavy (non-hydrogen) atoms. The Morgan fingerprint density at radius 3 is 2.29 bits per heavy atom. The first kappa shape index (κ1) is 32.6. The van der Waals surface area contributed by atoms with Crippen molar-refractivity contribution in [3.63, 3.8) is 0 Å². The van der Waals surface area contributed by atoms with E-state index in [-0.39, 0.29) is 29.4 Å². The molecule has 3 aliphatic rings. The summed E-state index contributed by atoms with van der Waals surface area (Å²) < 4.78 is 79.6. The number of hydrogen-bond acceptors (Lipinski definition) is 9. The van der Waals surface area contributed by atoms with E-state index in [1.165, 1.54) is 19.4 Å². The highest BCUT2D eigenvalue weighted by Gasteiger charge is 2.42. The fourth-order valence-corrected chi connectivity index (χ4v) is 5.77. The molecule has 1 unspecified atom stereocenters. The minimum absolute atomic E-state index is 0.0175. The number of anilines is 3. The molecule has 2 aromatic rings. The number of hydrogen-bond donors (Lipinski definition) is 2. The number of nitrogens with zero attached hydrogens (tertiary/aromatic N) is 6. The third kappa shape index (κ3) is 6.60. The molecule has 4 atom stereocenters. The summed E-state index contributed by atoms with van der Waals surface area (Å²) in [5, 5.41) is 12.3. The first-order valence-electron chi connectivity index (χ1n) is 14.6. The van der Waals surface area contributed by atoms with E-state index < -0.39 is 52.3 Å². The van der Waals surface area contributed by atoms with Crippen LogP contribution in [0, 0.1) is 11.6 Å². The Labute approximate surface area is 257 Å². The minimum atomic E-state index is -4.99. The van der Waals surface area contributed by atoms with Gasteiger partial charge in [0, 0.05) is 75.5 Å². The van der Waals surface area contributed by atoms with E-state index in [0.29, 0.717) is 44.8 Å². The number of carbonyl (C=O) groups is 1. The molecule has 3 aliphatic heterocycles. The van der Waals surface area contributed by atoms with Gasteiger partial charge >= 0.3 is 6.18 Å². The summed E-state index contributed by atoms with van der Waals surface area (Å²) in [6, 6.07) is 0.993. The van der Waals surface area contributed by atoms with Crippen molar-refractivity contribution in [1.82, 2.24) is 19.8 Å². The fraction of sp³-hybridized carbons (Fsp3) is 0.500. The van der Waals surface area contributed by atoms with Crippen molar-refractivity contribution in [1.29, 1.82) is 0 Å². The third-order valence-electron chi connectivity index (χ3n) is 8.49. The summed E-state index contributed by atoms with van der Waals surface area (Å²) in [6.07, 6.45) is -2.80. The molecule has 1 aromatic heterocycles. The number of rotatable bonds is 5. The van der Waals surface area contributed by atoms with E-state index in [1.807, 2.05) is 32.7 Å². The fourth-order valence-electron chi connectivity index (χ4n) is 5.77. The number of alkyl halides is 3. The quantitative estimate of drug-likeness (QED) is 0.476. The van der Waals surface area contributed by atoms with Crippen molar-refractivity contribution in [3.8, 4) is 11.1 Å². The second kappa shape index (κ2) is 12.5. The summed E-state index contributed by atoms with van der Waals surface area (Å²) in [5.41, 5.74) is -3.27. The van der Waals surface area contributed by atoms with Gasteiger partial charge in [0.25, 0.3) is 5.91 Å². The Morgan fingerprint density at radius 2 is 1.69 bits per heavy atom. The zero-order chi connectivity index (χ0) is 32.8. The zero-order valence-corrected chi connectivity index (χ0v) is 25.6. The van der Waals surface area contributed by atoms with Gasteiger partial charge in [-0.05, 0) is 33.9 Å². The standard InChI is InChI=1S/C30H36F5N7O3/c1-16-12-42(13-17(2)40(16)5)23-9-22(31)25(19-10-36-29(37-11-19)41-6-7-45-18(3)14-41)26(32)27(23)38-28(44)20-15-39(4)24(43)8-21(20)30(33,34)35/h8-11,15-18,24,43H,6-7,12-14H2,1-5H3,(H,38,44)/t16-,17+,18-,24?/m0/s1. The smallest absolute Gasteiger partial charge is 0.375 e. The summed E-state index contributed by atoms with van der Waals surface area (Å²) >= 11 is 0. The normalized spacial score (nSPS) is 24.8. The van der Waals surface area contributed by atoms with E-state index in [1.54, 1.807) is 4.90 Å². The molecule has 0 aliphatic carbocycles. The molecular formula is C30H36F5N7O3. The monoisotopic (exact) mass is 637 g/mol. The van der Waals surface area contributed by atoms with Gasteiger partial charge in [-0.15, -0.1) is 0 Å². The second-order valence-corrected chi connectivity index (χ2v) is 11.8. The minimum Gasteiger partial charge on any atom is -0.375 e. The molecule has 1 aromatic carbocycles. The molecule has 5 rings (SSSR count). The lowest BCUT2D eigenvalue weighted by Gasteiger charge is -2.44. The van der Waals surface area contributed by atoms with Gasteiger partial charge in [-0.1, -0.05) is 0 Å². The first-order valence-corrected chi connectivity index (χ1v) is 14.6. The summed E-state index contributed by atoms with van der Waals surface area (Å²) in [4.78, 5) is 28.8. The number of aliphatic hydroxyl groups excluding tert-OH is 1. The Bertz CT molecular complexity index is 1490. The van der Waals surface area contributed by atoms with E-state index >= 15 is 8.78 Å². The van der Waals surface area contributed by atoms with Gasteiger partial charge in [0.15, 0.2) is 5.82 Å². The number of piperazine rings is 1. The average molecular weight is 638 g/mol. The average Bonchev–Trinajstić information content (AvgIpc) is 2.98. The molecule has 244 valence electrons. The van der Waals surface area contributed by atoms with Crippen LogP contribution < -0.4 is 15.1 Å². The molecule has 4 heterocycles. The summed E-state index contributed by atoms with van der Waals surface area (Å²) in [5.74, 6) is -3.07. The molecule has 0 bridgehead atoms. The molecule has 15 heteroatoms. The Morgan fingerprint density at radius 1 is 1.04 bits per heavy atom. The number of halogens is 5. The van der Waals surface area contributed by atoms with Crippen LogP contribution >= 0.6 is 0 Å². The number of carbonyl (C=O) groups excluding carboxylic acids is 1. The van der Waals surface area contributed by atoms with Gasteiger partial charge in [0.1, 0.15) is 17.7 Å². The topological polar surface area (TPSA) is 97.3 Å². The van der Waals surface area contributed by atoms with E-state index in [9.17, 15) is 23.1 Å². The zero-order valence-electron chi connectivity index (χ0n) is 25.6. The van der Waals surface area contributed by atoms with E-state index in [4.69, 9.17) is 4.74 Å². The lowest BCUT2D eigenvalue weighted by Crippen LogP contribution is -2.55. The Hall–Kier alpha value is -3.82. The highest BCUT2D eigenvalue weighted by molar-refractivity contribution is 6.09. The number of amides is 1. The lowest BCUT2D eigenvalue weighted by molar-refractivity contribution is -0.116. The van der Waals surface area contributed by atoms with Crippen LogP contribution in [-0.4, -0.2) is 108 Å². The number of likely N-dealkylation sites (N-methyl/N-ethyl adjacent to an activating group) is 2. The van der Waals surface area contributed by atoms with Gasteiger partial charge < -0.3 is 29.9 Å². The first-order chi connectivity index (χ1) is 21.1. The van der Waals surface area contributed by atoms with Crippen molar-refractivity contribution in [2.24, 2.45) is 0 Å². The molecule has 2 fully saturated rings. The third-order valence-corrected chi connectivity index (χ3v) is 8.49. The number of nitrogens with one attached hydrogen (secondary N) is 1. The highest BCUT2D eigenvalue weighted by Crippen LogP contribution is 2.41. The highest BCUT2D eigenvalue weighted by atomic mass is 19.4. The number of benzene rings is 1. The largest absolute Gasteiger partial charge is 0.417 e. The summed E-state index contributed by atoms with van der Waals surface area (Å²) in [6.45, 7) is 7.99. The molecule has 0 spiro atoms. The van der Waals surface area contributed by atoms with E-state index in [2.05, 4.69) is 20.2 Å². The maximum absolute atomic E-state index is 16.5. The van der Waals surface area contributed by atoms with Crippen LogP contribution in [0.4, 0.5) is 39.3 Å². The van der Waals surface area contributed by atoms with Crippen LogP contribution in [-0.2, 0) is 9.53 Å². The van der Waals surface area contributed by atoms with Gasteiger partial charge in [0.05, 0.1) is 35.1 Å². The number of morpholine rings is 1. The van der Waals surface area contributed by atoms with Gasteiger partial charge in [-0.2, -0.15) is 13.2 Å². The summed E-state index contributed by atoms with van der Waals surface area (Å²) in [7, 11) is 3.21. The van der Waals surface area contributed by atoms with Crippen molar-refractivity contribution in [2.75, 3.05) is 62.0 Å². The molecule has 10 nitrogen and oxygen atoms in total. The van der Waals surface area contributed by atoms with Gasteiger partial charge in [-0.3, -0.25) is 9.69 Å². The lowest BCUT2D eigenvalue weighted by atomic mass is 10.00. The van der Waals surface area contributed by atoms with Crippen LogP contribution in [0.25, 0.3) is 11.1 Å².